The largest absolute Gasteiger partial charge is 0.479 e. The molecule has 4 atom stereocenters. The number of carboxylic acid groups (broad SMARTS) is 1. The molecule has 2 aliphatic rings. The Morgan fingerprint density at radius 3 is 2.45 bits per heavy atom. The first kappa shape index (κ1) is 12.9. The molecule has 3 rings (SSSR count). The Bertz CT molecular complexity index is 583. The van der Waals surface area contributed by atoms with Gasteiger partial charge >= 0.3 is 5.97 Å². The van der Waals surface area contributed by atoms with Gasteiger partial charge in [-0.25, -0.2) is 4.79 Å². The van der Waals surface area contributed by atoms with Gasteiger partial charge in [0.15, 0.2) is 5.54 Å². The predicted octanol–water partition coefficient (Wildman–Crippen LogP) is 0.807. The van der Waals surface area contributed by atoms with Crippen LogP contribution in [-0.4, -0.2) is 33.7 Å². The fourth-order valence-corrected chi connectivity index (χ4v) is 3.21. The van der Waals surface area contributed by atoms with E-state index in [0.717, 1.165) is 0 Å². The Morgan fingerprint density at radius 2 is 1.90 bits per heavy atom. The molecule has 0 saturated heterocycles. The third-order valence-corrected chi connectivity index (χ3v) is 4.28. The maximum absolute atomic E-state index is 12.2. The third kappa shape index (κ3) is 1.67. The SMILES string of the molecule is O=C(N[C@]1(C(=O)O)[C@H](O)[C@@H]2C=C[C@H]1C2)c1ccccc1. The maximum atomic E-state index is 12.2. The van der Waals surface area contributed by atoms with Crippen LogP contribution in [0.3, 0.4) is 0 Å². The van der Waals surface area contributed by atoms with Gasteiger partial charge in [-0.15, -0.1) is 0 Å². The van der Waals surface area contributed by atoms with Crippen LogP contribution in [-0.2, 0) is 4.79 Å². The van der Waals surface area contributed by atoms with E-state index in [1.807, 2.05) is 6.08 Å². The van der Waals surface area contributed by atoms with Gasteiger partial charge in [-0.1, -0.05) is 30.4 Å². The topological polar surface area (TPSA) is 86.6 Å². The molecule has 1 aromatic carbocycles. The van der Waals surface area contributed by atoms with E-state index in [4.69, 9.17) is 0 Å². The van der Waals surface area contributed by atoms with Crippen LogP contribution in [0.5, 0.6) is 0 Å². The molecule has 0 spiro atoms. The summed E-state index contributed by atoms with van der Waals surface area (Å²) < 4.78 is 0. The number of nitrogens with one attached hydrogen (secondary N) is 1. The molecule has 1 fully saturated rings. The summed E-state index contributed by atoms with van der Waals surface area (Å²) in [5.74, 6) is -2.24. The van der Waals surface area contributed by atoms with Crippen molar-refractivity contribution in [2.75, 3.05) is 0 Å². The summed E-state index contributed by atoms with van der Waals surface area (Å²) in [5, 5.41) is 22.3. The number of hydrogen-bond acceptors (Lipinski definition) is 3. The van der Waals surface area contributed by atoms with Crippen molar-refractivity contribution in [3.05, 3.63) is 48.0 Å². The lowest BCUT2D eigenvalue weighted by molar-refractivity contribution is -0.150. The number of aliphatic hydroxyl groups excluding tert-OH is 1. The molecule has 0 aliphatic heterocycles. The van der Waals surface area contributed by atoms with Crippen molar-refractivity contribution in [2.24, 2.45) is 11.8 Å². The molecule has 104 valence electrons. The van der Waals surface area contributed by atoms with Crippen molar-refractivity contribution in [1.82, 2.24) is 5.32 Å². The summed E-state index contributed by atoms with van der Waals surface area (Å²) in [7, 11) is 0. The molecule has 1 aromatic rings. The van der Waals surface area contributed by atoms with Crippen molar-refractivity contribution >= 4 is 11.9 Å². The van der Waals surface area contributed by atoms with E-state index in [1.54, 1.807) is 36.4 Å². The van der Waals surface area contributed by atoms with Crippen molar-refractivity contribution in [3.8, 4) is 0 Å². The summed E-state index contributed by atoms with van der Waals surface area (Å²) in [6.07, 6.45) is 3.06. The number of aliphatic carboxylic acids is 1. The first-order chi connectivity index (χ1) is 9.55. The molecule has 1 amide bonds. The second kappa shape index (κ2) is 4.45. The van der Waals surface area contributed by atoms with Gasteiger partial charge in [0.05, 0.1) is 6.10 Å². The van der Waals surface area contributed by atoms with E-state index in [1.165, 1.54) is 0 Å². The monoisotopic (exact) mass is 273 g/mol. The van der Waals surface area contributed by atoms with Gasteiger partial charge in [0.1, 0.15) is 0 Å². The number of hydrogen-bond donors (Lipinski definition) is 3. The molecular formula is C15H15NO4. The van der Waals surface area contributed by atoms with Crippen LogP contribution >= 0.6 is 0 Å². The minimum Gasteiger partial charge on any atom is -0.479 e. The summed E-state index contributed by atoms with van der Waals surface area (Å²) >= 11 is 0. The Labute approximate surface area is 115 Å². The molecule has 20 heavy (non-hydrogen) atoms. The molecule has 1 saturated carbocycles. The van der Waals surface area contributed by atoms with E-state index in [2.05, 4.69) is 5.32 Å². The van der Waals surface area contributed by atoms with Crippen molar-refractivity contribution in [1.29, 1.82) is 0 Å². The normalized spacial score (nSPS) is 34.1. The van der Waals surface area contributed by atoms with Gasteiger partial charge in [-0.2, -0.15) is 0 Å². The first-order valence-electron chi connectivity index (χ1n) is 6.53. The highest BCUT2D eigenvalue weighted by molar-refractivity contribution is 5.98. The molecule has 2 aliphatic carbocycles. The fraction of sp³-hybridized carbons (Fsp3) is 0.333. The highest BCUT2D eigenvalue weighted by Crippen LogP contribution is 2.46. The highest BCUT2D eigenvalue weighted by atomic mass is 16.4. The van der Waals surface area contributed by atoms with Crippen LogP contribution < -0.4 is 5.32 Å². The second-order valence-electron chi connectivity index (χ2n) is 5.33. The smallest absolute Gasteiger partial charge is 0.332 e. The Kier molecular flexibility index (Phi) is 2.87. The van der Waals surface area contributed by atoms with Gasteiger partial charge in [0, 0.05) is 17.4 Å². The number of amides is 1. The Balaban J connectivity index is 1.92. The summed E-state index contributed by atoms with van der Waals surface area (Å²) in [6, 6.07) is 8.42. The number of fused-ring (bicyclic) bond motifs is 2. The average molecular weight is 273 g/mol. The van der Waals surface area contributed by atoms with E-state index in [0.29, 0.717) is 12.0 Å². The van der Waals surface area contributed by atoms with Crippen LogP contribution in [0, 0.1) is 11.8 Å². The molecule has 2 bridgehead atoms. The molecule has 5 heteroatoms. The summed E-state index contributed by atoms with van der Waals surface area (Å²) in [6.45, 7) is 0. The zero-order valence-electron chi connectivity index (χ0n) is 10.7. The number of carboxylic acids is 1. The van der Waals surface area contributed by atoms with Crippen molar-refractivity contribution < 1.29 is 19.8 Å². The second-order valence-corrected chi connectivity index (χ2v) is 5.33. The van der Waals surface area contributed by atoms with Gasteiger partial charge in [0.25, 0.3) is 5.91 Å². The predicted molar refractivity (Wildman–Crippen MR) is 71.0 cm³/mol. The van der Waals surface area contributed by atoms with E-state index < -0.39 is 23.5 Å². The minimum atomic E-state index is -1.62. The Morgan fingerprint density at radius 1 is 1.20 bits per heavy atom. The van der Waals surface area contributed by atoms with E-state index in [-0.39, 0.29) is 11.8 Å². The van der Waals surface area contributed by atoms with Crippen LogP contribution in [0.1, 0.15) is 16.8 Å². The molecule has 5 nitrogen and oxygen atoms in total. The molecule has 0 unspecified atom stereocenters. The average Bonchev–Trinajstić information content (AvgIpc) is 3.02. The molecule has 0 aromatic heterocycles. The van der Waals surface area contributed by atoms with E-state index in [9.17, 15) is 19.8 Å². The van der Waals surface area contributed by atoms with Gasteiger partial charge in [-0.3, -0.25) is 4.79 Å². The molecule has 3 N–H and O–H groups in total. The van der Waals surface area contributed by atoms with Gasteiger partial charge in [-0.05, 0) is 18.6 Å². The lowest BCUT2D eigenvalue weighted by Gasteiger charge is -2.35. The number of rotatable bonds is 3. The van der Waals surface area contributed by atoms with Crippen LogP contribution in [0.2, 0.25) is 0 Å². The summed E-state index contributed by atoms with van der Waals surface area (Å²) in [5.41, 5.74) is -1.24. The standard InChI is InChI=1S/C15H15NO4/c17-12-10-6-7-11(8-10)15(12,14(19)20)16-13(18)9-4-2-1-3-5-9/h1-7,10-12,17H,8H2,(H,16,18)(H,19,20)/t10-,11+,12-,15+/m1/s1. The molecular weight excluding hydrogens is 258 g/mol. The zero-order valence-corrected chi connectivity index (χ0v) is 10.7. The lowest BCUT2D eigenvalue weighted by atomic mass is 9.82. The number of carbonyl (C=O) groups is 2. The fourth-order valence-electron chi connectivity index (χ4n) is 3.21. The quantitative estimate of drug-likeness (QED) is 0.711. The highest BCUT2D eigenvalue weighted by Gasteiger charge is 2.61. The van der Waals surface area contributed by atoms with Crippen molar-refractivity contribution in [3.63, 3.8) is 0 Å². The van der Waals surface area contributed by atoms with Gasteiger partial charge in [0.2, 0.25) is 0 Å². The van der Waals surface area contributed by atoms with Crippen LogP contribution in [0.25, 0.3) is 0 Å². The number of benzene rings is 1. The van der Waals surface area contributed by atoms with E-state index >= 15 is 0 Å². The maximum Gasteiger partial charge on any atom is 0.332 e. The van der Waals surface area contributed by atoms with Crippen molar-refractivity contribution in [2.45, 2.75) is 18.1 Å². The zero-order chi connectivity index (χ0) is 14.3. The minimum absolute atomic E-state index is 0.202. The number of carbonyl (C=O) groups excluding carboxylic acids is 1. The van der Waals surface area contributed by atoms with Gasteiger partial charge < -0.3 is 15.5 Å². The summed E-state index contributed by atoms with van der Waals surface area (Å²) in [4.78, 5) is 23.9. The Hall–Kier alpha value is -2.14. The molecule has 0 heterocycles. The van der Waals surface area contributed by atoms with Crippen LogP contribution in [0.15, 0.2) is 42.5 Å². The molecule has 0 radical (unpaired) electrons. The van der Waals surface area contributed by atoms with Crippen LogP contribution in [0.4, 0.5) is 0 Å². The third-order valence-electron chi connectivity index (χ3n) is 4.28. The lowest BCUT2D eigenvalue weighted by Crippen LogP contribution is -2.64. The number of aliphatic hydroxyl groups is 1. The first-order valence-corrected chi connectivity index (χ1v) is 6.53.